The molecule has 3 heteroatoms. The van der Waals surface area contributed by atoms with E-state index < -0.39 is 5.97 Å². The molecule has 0 amide bonds. The van der Waals surface area contributed by atoms with Gasteiger partial charge < -0.3 is 5.11 Å². The number of carbonyl (C=O) groups is 1. The Morgan fingerprint density at radius 3 is 2.33 bits per heavy atom. The molecule has 34 valence electrons. The minimum absolute atomic E-state index is 0.0255. The van der Waals surface area contributed by atoms with Gasteiger partial charge in [0.25, 0.3) is 0 Å². The quantitative estimate of drug-likeness (QED) is 0.477. The smallest absolute Gasteiger partial charge is 0.330 e. The van der Waals surface area contributed by atoms with Crippen LogP contribution < -0.4 is 0 Å². The summed E-state index contributed by atoms with van der Waals surface area (Å²) in [5.74, 6) is -1.27. The van der Waals surface area contributed by atoms with E-state index in [9.17, 15) is 9.18 Å². The molecule has 0 aromatic rings. The van der Waals surface area contributed by atoms with Gasteiger partial charge in [-0.25, -0.2) is 9.18 Å². The van der Waals surface area contributed by atoms with Crippen LogP contribution in [0.2, 0.25) is 0 Å². The summed E-state index contributed by atoms with van der Waals surface area (Å²) in [5, 5.41) is 7.59. The first-order chi connectivity index (χ1) is 2.77. The summed E-state index contributed by atoms with van der Waals surface area (Å²) in [6, 6.07) is 0. The van der Waals surface area contributed by atoms with Crippen LogP contribution in [0.1, 0.15) is 0 Å². The molecular weight excluding hydrogens is 87.0 g/mol. The molecule has 0 rings (SSSR count). The van der Waals surface area contributed by atoms with E-state index in [0.717, 1.165) is 0 Å². The SMILES string of the molecule is O=C(O)C=CF. The van der Waals surface area contributed by atoms with Crippen molar-refractivity contribution in [1.82, 2.24) is 0 Å². The van der Waals surface area contributed by atoms with E-state index in [1.165, 1.54) is 0 Å². The van der Waals surface area contributed by atoms with Gasteiger partial charge in [0.15, 0.2) is 0 Å². The van der Waals surface area contributed by atoms with Crippen LogP contribution >= 0.6 is 0 Å². The van der Waals surface area contributed by atoms with Crippen molar-refractivity contribution in [2.24, 2.45) is 0 Å². The highest BCUT2D eigenvalue weighted by molar-refractivity contribution is 5.79. The molecule has 0 atom stereocenters. The Morgan fingerprint density at radius 2 is 2.33 bits per heavy atom. The van der Waals surface area contributed by atoms with Crippen LogP contribution in [0.15, 0.2) is 12.4 Å². The van der Waals surface area contributed by atoms with Crippen LogP contribution in [0.25, 0.3) is 0 Å². The third kappa shape index (κ3) is 3.14. The molecule has 0 bridgehead atoms. The molecule has 0 aromatic carbocycles. The van der Waals surface area contributed by atoms with Crippen molar-refractivity contribution in [3.8, 4) is 0 Å². The van der Waals surface area contributed by atoms with Gasteiger partial charge in [-0.05, 0) is 0 Å². The minimum Gasteiger partial charge on any atom is -0.478 e. The van der Waals surface area contributed by atoms with Gasteiger partial charge in [0, 0.05) is 0 Å². The van der Waals surface area contributed by atoms with Crippen LogP contribution in [-0.4, -0.2) is 11.1 Å². The monoisotopic (exact) mass is 90.0 g/mol. The van der Waals surface area contributed by atoms with E-state index in [4.69, 9.17) is 5.11 Å². The fraction of sp³-hybridized carbons (Fsp3) is 0. The summed E-state index contributed by atoms with van der Waals surface area (Å²) in [5.41, 5.74) is 0. The van der Waals surface area contributed by atoms with E-state index in [-0.39, 0.29) is 6.33 Å². The van der Waals surface area contributed by atoms with Crippen molar-refractivity contribution >= 4 is 5.97 Å². The van der Waals surface area contributed by atoms with Crippen molar-refractivity contribution < 1.29 is 14.3 Å². The molecule has 0 spiro atoms. The molecule has 2 nitrogen and oxygen atoms in total. The van der Waals surface area contributed by atoms with Gasteiger partial charge in [0.05, 0.1) is 12.4 Å². The maximum atomic E-state index is 10.7. The molecule has 6 heavy (non-hydrogen) atoms. The Labute approximate surface area is 33.9 Å². The predicted octanol–water partition coefficient (Wildman–Crippen LogP) is 0.554. The predicted molar refractivity (Wildman–Crippen MR) is 17.9 cm³/mol. The molecule has 0 fully saturated rings. The second-order valence-electron chi connectivity index (χ2n) is 0.631. The number of halogens is 1. The molecule has 0 heterocycles. The molecule has 0 aliphatic carbocycles. The van der Waals surface area contributed by atoms with Crippen molar-refractivity contribution in [3.05, 3.63) is 12.4 Å². The second-order valence-corrected chi connectivity index (χ2v) is 0.631. The third-order valence-corrected chi connectivity index (χ3v) is 0.206. The number of hydrogen-bond acceptors (Lipinski definition) is 1. The summed E-state index contributed by atoms with van der Waals surface area (Å²) in [7, 11) is 0. The van der Waals surface area contributed by atoms with E-state index in [2.05, 4.69) is 0 Å². The van der Waals surface area contributed by atoms with Crippen LogP contribution in [-0.2, 0) is 4.79 Å². The number of hydrogen-bond donors (Lipinski definition) is 1. The largest absolute Gasteiger partial charge is 0.478 e. The summed E-state index contributed by atoms with van der Waals surface area (Å²) in [6.07, 6.45) is 0.391. The minimum atomic E-state index is -1.27. The summed E-state index contributed by atoms with van der Waals surface area (Å²) in [4.78, 5) is 9.27. The van der Waals surface area contributed by atoms with Crippen LogP contribution in [0.4, 0.5) is 4.39 Å². The zero-order valence-corrected chi connectivity index (χ0v) is 2.89. The van der Waals surface area contributed by atoms with Gasteiger partial charge >= 0.3 is 5.97 Å². The summed E-state index contributed by atoms with van der Waals surface area (Å²) >= 11 is 0. The maximum absolute atomic E-state index is 10.7. The van der Waals surface area contributed by atoms with Gasteiger partial charge in [-0.2, -0.15) is 0 Å². The Bertz CT molecular complexity index is 76.9. The summed E-state index contributed by atoms with van der Waals surface area (Å²) < 4.78 is 10.7. The first-order valence-corrected chi connectivity index (χ1v) is 1.27. The highest BCUT2D eigenvalue weighted by atomic mass is 19.1. The molecule has 1 N–H and O–H groups in total. The Hall–Kier alpha value is -0.860. The van der Waals surface area contributed by atoms with Crippen LogP contribution in [0, 0.1) is 0 Å². The molecule has 0 aliphatic heterocycles. The topological polar surface area (TPSA) is 37.3 Å². The average Bonchev–Trinajstić information content (AvgIpc) is 1.35. The normalized spacial score (nSPS) is 9.50. The van der Waals surface area contributed by atoms with Gasteiger partial charge in [0.1, 0.15) is 0 Å². The molecular formula is C3H3FO2. The van der Waals surface area contributed by atoms with Crippen molar-refractivity contribution in [3.63, 3.8) is 0 Å². The summed E-state index contributed by atoms with van der Waals surface area (Å²) in [6.45, 7) is 0. The second kappa shape index (κ2) is 2.38. The van der Waals surface area contributed by atoms with Gasteiger partial charge in [-0.15, -0.1) is 0 Å². The lowest BCUT2D eigenvalue weighted by atomic mass is 10.7. The fourth-order valence-electron chi connectivity index (χ4n) is 0.0539. The molecule has 0 radical (unpaired) electrons. The van der Waals surface area contributed by atoms with Crippen molar-refractivity contribution in [2.75, 3.05) is 0 Å². The maximum Gasteiger partial charge on any atom is 0.330 e. The van der Waals surface area contributed by atoms with Crippen LogP contribution in [0.3, 0.4) is 0 Å². The van der Waals surface area contributed by atoms with E-state index in [1.807, 2.05) is 0 Å². The lowest BCUT2D eigenvalue weighted by Gasteiger charge is -1.66. The highest BCUT2D eigenvalue weighted by Gasteiger charge is 1.78. The van der Waals surface area contributed by atoms with Crippen LogP contribution in [0.5, 0.6) is 0 Å². The molecule has 0 unspecified atom stereocenters. The molecule has 0 saturated carbocycles. The lowest BCUT2D eigenvalue weighted by molar-refractivity contribution is -0.131. The third-order valence-electron chi connectivity index (χ3n) is 0.206. The van der Waals surface area contributed by atoms with Crippen molar-refractivity contribution in [1.29, 1.82) is 0 Å². The molecule has 0 saturated heterocycles. The Kier molecular flexibility index (Phi) is 2.04. The molecule has 0 aliphatic rings. The average molecular weight is 90.1 g/mol. The van der Waals surface area contributed by atoms with E-state index >= 15 is 0 Å². The van der Waals surface area contributed by atoms with Gasteiger partial charge in [-0.3, -0.25) is 0 Å². The zero-order valence-electron chi connectivity index (χ0n) is 2.89. The zero-order chi connectivity index (χ0) is 4.99. The standard InChI is InChI=1S/C3H3FO2/c4-2-1-3(5)6/h1-2H,(H,5,6). The van der Waals surface area contributed by atoms with Gasteiger partial charge in [0.2, 0.25) is 0 Å². The first kappa shape index (κ1) is 5.14. The number of rotatable bonds is 1. The first-order valence-electron chi connectivity index (χ1n) is 1.27. The molecule has 0 aromatic heterocycles. The van der Waals surface area contributed by atoms with Gasteiger partial charge in [-0.1, -0.05) is 0 Å². The van der Waals surface area contributed by atoms with E-state index in [0.29, 0.717) is 6.08 Å². The Morgan fingerprint density at radius 1 is 1.83 bits per heavy atom. The number of carboxylic acids is 1. The van der Waals surface area contributed by atoms with Crippen molar-refractivity contribution in [2.45, 2.75) is 0 Å². The fourth-order valence-corrected chi connectivity index (χ4v) is 0.0539. The highest BCUT2D eigenvalue weighted by Crippen LogP contribution is 1.68. The number of carboxylic acid groups (broad SMARTS) is 1. The number of aliphatic carboxylic acids is 1. The Balaban J connectivity index is 3.30. The van der Waals surface area contributed by atoms with E-state index in [1.54, 1.807) is 0 Å². The lowest BCUT2D eigenvalue weighted by Crippen LogP contribution is -1.83.